The molecule has 2 aromatic heterocycles. The molecule has 3 aromatic carbocycles. The number of oxazole rings is 1. The van der Waals surface area contributed by atoms with Crippen LogP contribution in [0.4, 0.5) is 5.69 Å². The Labute approximate surface area is 184 Å². The molecule has 1 amide bonds. The average Bonchev–Trinajstić information content (AvgIpc) is 3.39. The van der Waals surface area contributed by atoms with Crippen LogP contribution >= 0.6 is 23.9 Å². The smallest absolute Gasteiger partial charge is 0.257 e. The van der Waals surface area contributed by atoms with Crippen molar-refractivity contribution < 1.29 is 14.3 Å². The third kappa shape index (κ3) is 3.81. The van der Waals surface area contributed by atoms with Crippen molar-refractivity contribution in [2.75, 3.05) is 5.32 Å². The predicted octanol–water partition coefficient (Wildman–Crippen LogP) is 4.33. The van der Waals surface area contributed by atoms with Gasteiger partial charge in [0, 0.05) is 17.3 Å². The Morgan fingerprint density at radius 3 is 2.68 bits per heavy atom. The van der Waals surface area contributed by atoms with Gasteiger partial charge in [-0.2, -0.15) is 8.75 Å². The van der Waals surface area contributed by atoms with E-state index in [0.717, 1.165) is 17.2 Å². The minimum Gasteiger partial charge on any atom is -0.507 e. The summed E-state index contributed by atoms with van der Waals surface area (Å²) >= 11 is 6.31. The summed E-state index contributed by atoms with van der Waals surface area (Å²) in [6.45, 7) is 0. The summed E-state index contributed by atoms with van der Waals surface area (Å²) < 4.78 is 13.9. The number of hydrogen-bond acceptors (Lipinski definition) is 8. The number of aromatic hydroxyl groups is 1. The third-order valence-electron chi connectivity index (χ3n) is 4.52. The monoisotopic (exact) mass is 447 g/mol. The standard InChI is InChI=1S/C21H13N5O3S2/c27-17-10-12(6-7-13(17)20-23-15-3-1-2-4-18(15)29-20)22-21(30)24-19(28)11-5-8-14-16(9-11)26-31-25-14/h1-10,27H,(H2,22,24,28,30). The van der Waals surface area contributed by atoms with Gasteiger partial charge in [-0.3, -0.25) is 10.1 Å². The number of thiocarbonyl (C=S) groups is 1. The van der Waals surface area contributed by atoms with Crippen LogP contribution in [-0.4, -0.2) is 29.9 Å². The molecule has 8 nitrogen and oxygen atoms in total. The van der Waals surface area contributed by atoms with Crippen molar-refractivity contribution in [1.82, 2.24) is 19.0 Å². The normalized spacial score (nSPS) is 11.0. The Morgan fingerprint density at radius 2 is 1.84 bits per heavy atom. The molecule has 152 valence electrons. The number of para-hydroxylation sites is 2. The van der Waals surface area contributed by atoms with Crippen molar-refractivity contribution in [3.8, 4) is 17.2 Å². The number of nitrogens with zero attached hydrogens (tertiary/aromatic N) is 3. The Morgan fingerprint density at radius 1 is 1.00 bits per heavy atom. The summed E-state index contributed by atoms with van der Waals surface area (Å²) in [5.41, 5.74) is 4.08. The van der Waals surface area contributed by atoms with Crippen molar-refractivity contribution in [1.29, 1.82) is 0 Å². The first-order valence-corrected chi connectivity index (χ1v) is 10.2. The second kappa shape index (κ2) is 7.74. The van der Waals surface area contributed by atoms with Gasteiger partial charge in [-0.1, -0.05) is 12.1 Å². The number of nitrogens with one attached hydrogen (secondary N) is 2. The lowest BCUT2D eigenvalue weighted by atomic mass is 10.2. The number of carbonyl (C=O) groups excluding carboxylic acids is 1. The number of phenols is 1. The molecule has 0 bridgehead atoms. The summed E-state index contributed by atoms with van der Waals surface area (Å²) in [6, 6.07) is 17.2. The predicted molar refractivity (Wildman–Crippen MR) is 122 cm³/mol. The minimum atomic E-state index is -0.375. The van der Waals surface area contributed by atoms with Gasteiger partial charge in [-0.05, 0) is 54.7 Å². The van der Waals surface area contributed by atoms with Gasteiger partial charge in [-0.15, -0.1) is 0 Å². The number of anilines is 1. The van der Waals surface area contributed by atoms with E-state index >= 15 is 0 Å². The molecule has 5 aromatic rings. The summed E-state index contributed by atoms with van der Waals surface area (Å²) in [5, 5.41) is 16.0. The number of benzene rings is 3. The molecule has 2 heterocycles. The first-order chi connectivity index (χ1) is 15.1. The largest absolute Gasteiger partial charge is 0.507 e. The summed E-state index contributed by atoms with van der Waals surface area (Å²) in [7, 11) is 0. The van der Waals surface area contributed by atoms with Crippen LogP contribution in [-0.2, 0) is 0 Å². The number of amides is 1. The summed E-state index contributed by atoms with van der Waals surface area (Å²) in [5.74, 6) is -0.0973. The average molecular weight is 448 g/mol. The zero-order chi connectivity index (χ0) is 21.4. The van der Waals surface area contributed by atoms with Crippen molar-refractivity contribution in [3.05, 3.63) is 66.2 Å². The Balaban J connectivity index is 1.29. The Hall–Kier alpha value is -3.89. The third-order valence-corrected chi connectivity index (χ3v) is 5.28. The Bertz CT molecular complexity index is 1430. The first-order valence-electron chi connectivity index (χ1n) is 9.10. The van der Waals surface area contributed by atoms with Crippen molar-refractivity contribution in [3.63, 3.8) is 0 Å². The second-order valence-electron chi connectivity index (χ2n) is 6.59. The highest BCUT2D eigenvalue weighted by Crippen LogP contribution is 2.33. The van der Waals surface area contributed by atoms with Crippen molar-refractivity contribution in [2.24, 2.45) is 0 Å². The SMILES string of the molecule is O=C(NC(=S)Nc1ccc(-c2nc3ccccc3o2)c(O)c1)c1ccc2nsnc2c1. The molecule has 0 unspecified atom stereocenters. The zero-order valence-corrected chi connectivity index (χ0v) is 17.3. The van der Waals surface area contributed by atoms with Crippen LogP contribution in [0.25, 0.3) is 33.6 Å². The van der Waals surface area contributed by atoms with Gasteiger partial charge in [0.05, 0.1) is 17.3 Å². The topological polar surface area (TPSA) is 113 Å². The van der Waals surface area contributed by atoms with Crippen LogP contribution in [0.15, 0.2) is 65.1 Å². The maximum atomic E-state index is 12.4. The molecule has 0 aliphatic rings. The van der Waals surface area contributed by atoms with Crippen LogP contribution in [0.5, 0.6) is 5.75 Å². The lowest BCUT2D eigenvalue weighted by Crippen LogP contribution is -2.34. The molecule has 10 heteroatoms. The number of phenolic OH excluding ortho intramolecular Hbond substituents is 1. The van der Waals surface area contributed by atoms with E-state index < -0.39 is 0 Å². The van der Waals surface area contributed by atoms with Crippen molar-refractivity contribution >= 4 is 62.8 Å². The molecule has 0 fully saturated rings. The van der Waals surface area contributed by atoms with Gasteiger partial charge in [0.2, 0.25) is 5.89 Å². The van der Waals surface area contributed by atoms with E-state index in [2.05, 4.69) is 24.4 Å². The van der Waals surface area contributed by atoms with Crippen LogP contribution < -0.4 is 10.6 Å². The number of hydrogen-bond donors (Lipinski definition) is 3. The molecule has 0 saturated carbocycles. The van der Waals surface area contributed by atoms with Gasteiger partial charge in [0.1, 0.15) is 22.3 Å². The fourth-order valence-corrected chi connectivity index (χ4v) is 3.77. The maximum absolute atomic E-state index is 12.4. The van der Waals surface area contributed by atoms with Gasteiger partial charge >= 0.3 is 0 Å². The van der Waals surface area contributed by atoms with Gasteiger partial charge < -0.3 is 14.8 Å². The molecular formula is C21H13N5O3S2. The van der Waals surface area contributed by atoms with E-state index in [1.165, 1.54) is 6.07 Å². The van der Waals surface area contributed by atoms with E-state index in [1.807, 2.05) is 24.3 Å². The van der Waals surface area contributed by atoms with Crippen LogP contribution in [0, 0.1) is 0 Å². The molecule has 31 heavy (non-hydrogen) atoms. The quantitative estimate of drug-likeness (QED) is 0.350. The summed E-state index contributed by atoms with van der Waals surface area (Å²) in [4.78, 5) is 16.8. The highest BCUT2D eigenvalue weighted by atomic mass is 32.1. The molecule has 0 aliphatic heterocycles. The van der Waals surface area contributed by atoms with Gasteiger partial charge in [0.25, 0.3) is 5.91 Å². The highest BCUT2D eigenvalue weighted by molar-refractivity contribution is 7.80. The van der Waals surface area contributed by atoms with E-state index in [0.29, 0.717) is 39.3 Å². The Kier molecular flexibility index (Phi) is 4.77. The van der Waals surface area contributed by atoms with E-state index in [9.17, 15) is 9.90 Å². The molecule has 0 spiro atoms. The fourth-order valence-electron chi connectivity index (χ4n) is 3.04. The molecule has 5 rings (SSSR count). The number of aromatic nitrogens is 3. The molecule has 0 saturated heterocycles. The molecule has 0 radical (unpaired) electrons. The lowest BCUT2D eigenvalue weighted by molar-refractivity contribution is 0.0978. The fraction of sp³-hybridized carbons (Fsp3) is 0. The molecule has 0 aliphatic carbocycles. The second-order valence-corrected chi connectivity index (χ2v) is 7.53. The number of fused-ring (bicyclic) bond motifs is 2. The van der Waals surface area contributed by atoms with Crippen LogP contribution in [0.3, 0.4) is 0 Å². The summed E-state index contributed by atoms with van der Waals surface area (Å²) in [6.07, 6.45) is 0. The van der Waals surface area contributed by atoms with Gasteiger partial charge in [0.15, 0.2) is 10.7 Å². The molecule has 0 atom stereocenters. The maximum Gasteiger partial charge on any atom is 0.257 e. The van der Waals surface area contributed by atoms with Crippen LogP contribution in [0.2, 0.25) is 0 Å². The van der Waals surface area contributed by atoms with E-state index in [-0.39, 0.29) is 16.8 Å². The van der Waals surface area contributed by atoms with Crippen LogP contribution in [0.1, 0.15) is 10.4 Å². The van der Waals surface area contributed by atoms with Crippen molar-refractivity contribution in [2.45, 2.75) is 0 Å². The number of carbonyl (C=O) groups is 1. The number of rotatable bonds is 3. The first kappa shape index (κ1) is 19.1. The highest BCUT2D eigenvalue weighted by Gasteiger charge is 2.14. The van der Waals surface area contributed by atoms with Gasteiger partial charge in [-0.25, -0.2) is 4.98 Å². The molecule has 3 N–H and O–H groups in total. The lowest BCUT2D eigenvalue weighted by Gasteiger charge is -2.11. The molecular weight excluding hydrogens is 434 g/mol. The van der Waals surface area contributed by atoms with E-state index in [1.54, 1.807) is 30.3 Å². The van der Waals surface area contributed by atoms with E-state index in [4.69, 9.17) is 16.6 Å². The zero-order valence-electron chi connectivity index (χ0n) is 15.7. The minimum absolute atomic E-state index is 0.0350.